The minimum Gasteiger partial charge on any atom is -0.395 e. The zero-order chi connectivity index (χ0) is 27.2. The molecule has 0 fully saturated rings. The van der Waals surface area contributed by atoms with Crippen LogP contribution in [0.25, 0.3) is 0 Å². The molecule has 4 aromatic rings. The molecule has 0 atom stereocenters. The Morgan fingerprint density at radius 3 is 0.897 bits per heavy atom. The SMILES string of the molecule is O=P(OCCCCCOP(=O)(Oc1ccccc1)Oc1ccccc1)(Oc1ccccc1)Oc1ccccc1. The van der Waals surface area contributed by atoms with Crippen LogP contribution in [0.1, 0.15) is 19.3 Å². The number of phosphoric acid groups is 2. The molecule has 0 saturated heterocycles. The van der Waals surface area contributed by atoms with Gasteiger partial charge in [0.15, 0.2) is 0 Å². The van der Waals surface area contributed by atoms with Gasteiger partial charge < -0.3 is 18.1 Å². The Labute approximate surface area is 228 Å². The second-order valence-corrected chi connectivity index (χ2v) is 11.3. The van der Waals surface area contributed by atoms with E-state index < -0.39 is 15.6 Å². The van der Waals surface area contributed by atoms with Crippen LogP contribution in [0.15, 0.2) is 121 Å². The molecule has 0 aromatic heterocycles. The average molecular weight is 568 g/mol. The molecule has 0 radical (unpaired) electrons. The summed E-state index contributed by atoms with van der Waals surface area (Å²) in [5.41, 5.74) is 0. The van der Waals surface area contributed by atoms with Gasteiger partial charge in [0.25, 0.3) is 0 Å². The first kappa shape index (κ1) is 28.5. The molecule has 0 saturated carbocycles. The highest BCUT2D eigenvalue weighted by atomic mass is 31.2. The summed E-state index contributed by atoms with van der Waals surface area (Å²) in [6, 6.07) is 34.9. The van der Waals surface area contributed by atoms with Crippen molar-refractivity contribution in [3.05, 3.63) is 121 Å². The van der Waals surface area contributed by atoms with E-state index in [-0.39, 0.29) is 13.2 Å². The Kier molecular flexibility index (Phi) is 10.6. The van der Waals surface area contributed by atoms with E-state index in [0.717, 1.165) is 0 Å². The van der Waals surface area contributed by atoms with Crippen LogP contribution in [0, 0.1) is 0 Å². The third kappa shape index (κ3) is 9.93. The van der Waals surface area contributed by atoms with E-state index in [2.05, 4.69) is 0 Å². The van der Waals surface area contributed by atoms with Gasteiger partial charge in [-0.1, -0.05) is 72.8 Å². The van der Waals surface area contributed by atoms with Crippen LogP contribution in [0.3, 0.4) is 0 Å². The largest absolute Gasteiger partial charge is 0.587 e. The molecular weight excluding hydrogens is 538 g/mol. The molecule has 0 amide bonds. The van der Waals surface area contributed by atoms with E-state index >= 15 is 0 Å². The number of hydrogen-bond acceptors (Lipinski definition) is 8. The summed E-state index contributed by atoms with van der Waals surface area (Å²) in [5.74, 6) is 1.49. The van der Waals surface area contributed by atoms with Crippen LogP contribution in [-0.2, 0) is 18.2 Å². The maximum atomic E-state index is 13.4. The van der Waals surface area contributed by atoms with Crippen LogP contribution in [0.5, 0.6) is 23.0 Å². The van der Waals surface area contributed by atoms with E-state index in [1.807, 2.05) is 24.3 Å². The van der Waals surface area contributed by atoms with Crippen LogP contribution in [0.2, 0.25) is 0 Å². The molecule has 10 heteroatoms. The number of rotatable bonds is 16. The van der Waals surface area contributed by atoms with Crippen molar-refractivity contribution in [2.24, 2.45) is 0 Å². The Hall–Kier alpha value is -3.54. The first-order chi connectivity index (χ1) is 19.0. The van der Waals surface area contributed by atoms with Gasteiger partial charge in [-0.15, -0.1) is 0 Å². The van der Waals surface area contributed by atoms with E-state index in [4.69, 9.17) is 27.1 Å². The Balaban J connectivity index is 1.27. The quantitative estimate of drug-likeness (QED) is 0.0979. The van der Waals surface area contributed by atoms with Crippen molar-refractivity contribution in [1.29, 1.82) is 0 Å². The first-order valence-corrected chi connectivity index (χ1v) is 15.4. The molecular formula is C29H30O8P2. The molecule has 0 aliphatic carbocycles. The van der Waals surface area contributed by atoms with E-state index in [0.29, 0.717) is 42.3 Å². The molecule has 4 aromatic carbocycles. The number of hydrogen-bond donors (Lipinski definition) is 0. The Bertz CT molecular complexity index is 1140. The Morgan fingerprint density at radius 1 is 0.385 bits per heavy atom. The van der Waals surface area contributed by atoms with Gasteiger partial charge in [-0.2, -0.15) is 0 Å². The lowest BCUT2D eigenvalue weighted by Gasteiger charge is -2.19. The topological polar surface area (TPSA) is 89.5 Å². The average Bonchev–Trinajstić information content (AvgIpc) is 2.94. The minimum atomic E-state index is -3.94. The van der Waals surface area contributed by atoms with Crippen molar-refractivity contribution >= 4 is 15.6 Å². The number of phosphoric ester groups is 2. The van der Waals surface area contributed by atoms with Gasteiger partial charge in [0.2, 0.25) is 0 Å². The number of benzene rings is 4. The second-order valence-electron chi connectivity index (χ2n) is 8.24. The molecule has 39 heavy (non-hydrogen) atoms. The molecule has 0 N–H and O–H groups in total. The smallest absolute Gasteiger partial charge is 0.395 e. The zero-order valence-electron chi connectivity index (χ0n) is 21.2. The van der Waals surface area contributed by atoms with E-state index in [1.165, 1.54) is 0 Å². The van der Waals surface area contributed by atoms with Crippen molar-refractivity contribution in [1.82, 2.24) is 0 Å². The summed E-state index contributed by atoms with van der Waals surface area (Å²) in [5, 5.41) is 0. The molecule has 0 heterocycles. The van der Waals surface area contributed by atoms with Gasteiger partial charge in [-0.05, 0) is 67.8 Å². The summed E-state index contributed by atoms with van der Waals surface area (Å²) in [7, 11) is -7.88. The van der Waals surface area contributed by atoms with Crippen molar-refractivity contribution in [2.75, 3.05) is 13.2 Å². The molecule has 0 spiro atoms. The third-order valence-electron chi connectivity index (χ3n) is 5.13. The third-order valence-corrected chi connectivity index (χ3v) is 7.86. The summed E-state index contributed by atoms with van der Waals surface area (Å²) in [6.45, 7) is 0.241. The van der Waals surface area contributed by atoms with E-state index in [9.17, 15) is 9.13 Å². The molecule has 0 unspecified atom stereocenters. The Morgan fingerprint density at radius 2 is 0.641 bits per heavy atom. The fourth-order valence-electron chi connectivity index (χ4n) is 3.32. The summed E-state index contributed by atoms with van der Waals surface area (Å²) in [4.78, 5) is 0. The van der Waals surface area contributed by atoms with Gasteiger partial charge in [-0.25, -0.2) is 9.13 Å². The maximum absolute atomic E-state index is 13.4. The van der Waals surface area contributed by atoms with Crippen molar-refractivity contribution in [3.63, 3.8) is 0 Å². The van der Waals surface area contributed by atoms with Crippen LogP contribution in [-0.4, -0.2) is 13.2 Å². The second kappa shape index (κ2) is 14.6. The van der Waals surface area contributed by atoms with Gasteiger partial charge in [0, 0.05) is 0 Å². The standard InChI is InChI=1S/C29H30O8P2/c30-38(34-26-16-6-1-7-17-26,35-27-18-8-2-9-19-27)32-24-14-5-15-25-33-39(31,36-28-20-10-3-11-21-28)37-29-22-12-4-13-23-29/h1-4,6-13,16-23H,5,14-15,24-25H2. The van der Waals surface area contributed by atoms with Crippen molar-refractivity contribution < 1.29 is 36.3 Å². The van der Waals surface area contributed by atoms with Crippen molar-refractivity contribution in [2.45, 2.75) is 19.3 Å². The molecule has 4 rings (SSSR count). The number of unbranched alkanes of at least 4 members (excludes halogenated alkanes) is 2. The molecule has 0 bridgehead atoms. The fourth-order valence-corrected chi connectivity index (χ4v) is 5.83. The molecule has 204 valence electrons. The monoisotopic (exact) mass is 568 g/mol. The number of para-hydroxylation sites is 4. The van der Waals surface area contributed by atoms with Gasteiger partial charge in [-0.3, -0.25) is 9.05 Å². The van der Waals surface area contributed by atoms with Gasteiger partial charge >= 0.3 is 15.6 Å². The highest BCUT2D eigenvalue weighted by molar-refractivity contribution is 7.49. The fraction of sp³-hybridized carbons (Fsp3) is 0.172. The van der Waals surface area contributed by atoms with Gasteiger partial charge in [0.1, 0.15) is 23.0 Å². The first-order valence-electron chi connectivity index (χ1n) is 12.5. The molecule has 0 aliphatic heterocycles. The highest BCUT2D eigenvalue weighted by Crippen LogP contribution is 2.51. The summed E-state index contributed by atoms with van der Waals surface area (Å²) >= 11 is 0. The van der Waals surface area contributed by atoms with Crippen LogP contribution < -0.4 is 18.1 Å². The summed E-state index contributed by atoms with van der Waals surface area (Å²) < 4.78 is 60.4. The van der Waals surface area contributed by atoms with Crippen LogP contribution >= 0.6 is 15.6 Å². The highest BCUT2D eigenvalue weighted by Gasteiger charge is 2.32. The maximum Gasteiger partial charge on any atom is 0.587 e. The minimum absolute atomic E-state index is 0.121. The van der Waals surface area contributed by atoms with E-state index in [1.54, 1.807) is 97.1 Å². The molecule has 8 nitrogen and oxygen atoms in total. The lowest BCUT2D eigenvalue weighted by molar-refractivity contribution is 0.194. The lowest BCUT2D eigenvalue weighted by atomic mass is 10.2. The normalized spacial score (nSPS) is 11.5. The van der Waals surface area contributed by atoms with Crippen LogP contribution in [0.4, 0.5) is 0 Å². The zero-order valence-corrected chi connectivity index (χ0v) is 23.0. The molecule has 0 aliphatic rings. The predicted octanol–water partition coefficient (Wildman–Crippen LogP) is 8.72. The van der Waals surface area contributed by atoms with Gasteiger partial charge in [0.05, 0.1) is 13.2 Å². The summed E-state index contributed by atoms with van der Waals surface area (Å²) in [6.07, 6.45) is 1.70. The lowest BCUT2D eigenvalue weighted by Crippen LogP contribution is -2.07. The predicted molar refractivity (Wildman–Crippen MR) is 149 cm³/mol. The van der Waals surface area contributed by atoms with Crippen molar-refractivity contribution in [3.8, 4) is 23.0 Å².